The molecule has 1 saturated heterocycles. The van der Waals surface area contributed by atoms with E-state index in [4.69, 9.17) is 4.74 Å². The van der Waals surface area contributed by atoms with Crippen molar-refractivity contribution in [3.05, 3.63) is 59.0 Å². The predicted molar refractivity (Wildman–Crippen MR) is 127 cm³/mol. The first kappa shape index (κ1) is 23.6. The number of carbonyl (C=O) groups is 2. The predicted octanol–water partition coefficient (Wildman–Crippen LogP) is 3.12. The smallest absolute Gasteiger partial charge is 0.251 e. The van der Waals surface area contributed by atoms with Crippen LogP contribution in [0.15, 0.2) is 47.9 Å². The van der Waals surface area contributed by atoms with Crippen molar-refractivity contribution < 1.29 is 22.7 Å². The van der Waals surface area contributed by atoms with Crippen molar-refractivity contribution in [1.82, 2.24) is 9.62 Å². The van der Waals surface area contributed by atoms with Crippen molar-refractivity contribution in [3.63, 3.8) is 0 Å². The summed E-state index contributed by atoms with van der Waals surface area (Å²) < 4.78 is 32.9. The molecule has 0 unspecified atom stereocenters. The number of sulfonamides is 1. The molecule has 0 bridgehead atoms. The number of fused-ring (bicyclic) bond motifs is 1. The Kier molecular flexibility index (Phi) is 7.28. The normalized spacial score (nSPS) is 16.8. The highest BCUT2D eigenvalue weighted by atomic mass is 32.2. The second-order valence-electron chi connectivity index (χ2n) is 8.15. The highest BCUT2D eigenvalue weighted by Gasteiger charge is 2.32. The van der Waals surface area contributed by atoms with Gasteiger partial charge >= 0.3 is 0 Å². The monoisotopic (exact) mass is 489 g/mol. The molecule has 2 amide bonds. The van der Waals surface area contributed by atoms with Crippen LogP contribution in [-0.2, 0) is 32.6 Å². The summed E-state index contributed by atoms with van der Waals surface area (Å²) in [7, 11) is -3.70. The lowest BCUT2D eigenvalue weighted by atomic mass is 9.97. The minimum atomic E-state index is -3.70. The number of nitrogens with one attached hydrogen (secondary N) is 2. The van der Waals surface area contributed by atoms with E-state index in [9.17, 15) is 18.0 Å². The largest absolute Gasteiger partial charge is 0.381 e. The van der Waals surface area contributed by atoms with Crippen molar-refractivity contribution in [3.8, 4) is 0 Å². The molecule has 2 aliphatic heterocycles. The first-order valence-corrected chi connectivity index (χ1v) is 13.1. The van der Waals surface area contributed by atoms with E-state index in [0.29, 0.717) is 23.0 Å². The maximum atomic E-state index is 13.1. The van der Waals surface area contributed by atoms with Gasteiger partial charge in [-0.2, -0.15) is 4.31 Å². The Balaban J connectivity index is 1.33. The van der Waals surface area contributed by atoms with Gasteiger partial charge in [0.25, 0.3) is 5.91 Å². The minimum absolute atomic E-state index is 0.150. The van der Waals surface area contributed by atoms with Gasteiger partial charge < -0.3 is 15.4 Å². The second kappa shape index (κ2) is 10.2. The van der Waals surface area contributed by atoms with Gasteiger partial charge in [-0.05, 0) is 67.2 Å². The van der Waals surface area contributed by atoms with Crippen LogP contribution in [0.1, 0.15) is 40.1 Å². The molecule has 1 aromatic heterocycles. The molecule has 3 heterocycles. The zero-order valence-electron chi connectivity index (χ0n) is 18.2. The number of amides is 2. The Morgan fingerprint density at radius 1 is 1.18 bits per heavy atom. The summed E-state index contributed by atoms with van der Waals surface area (Å²) in [5.74, 6) is 0.0696. The Morgan fingerprint density at radius 3 is 2.58 bits per heavy atom. The number of hydrogen-bond donors (Lipinski definition) is 2. The third-order valence-corrected chi connectivity index (χ3v) is 8.81. The zero-order chi connectivity index (χ0) is 23.4. The molecule has 10 heteroatoms. The molecule has 0 aliphatic carbocycles. The van der Waals surface area contributed by atoms with Gasteiger partial charge in [0.15, 0.2) is 0 Å². The first-order chi connectivity index (χ1) is 15.9. The first-order valence-electron chi connectivity index (χ1n) is 10.9. The number of hydrogen-bond acceptors (Lipinski definition) is 6. The van der Waals surface area contributed by atoms with Gasteiger partial charge in [0, 0.05) is 43.3 Å². The lowest BCUT2D eigenvalue weighted by Crippen LogP contribution is -2.28. The number of ether oxygens (including phenoxy) is 1. The number of carbonyl (C=O) groups excluding carboxylic acids is 2. The fourth-order valence-corrected chi connectivity index (χ4v) is 6.56. The summed E-state index contributed by atoms with van der Waals surface area (Å²) in [6.45, 7) is 6.08. The van der Waals surface area contributed by atoms with Crippen molar-refractivity contribution in [2.45, 2.75) is 37.2 Å². The maximum absolute atomic E-state index is 13.1. The average molecular weight is 490 g/mol. The van der Waals surface area contributed by atoms with Crippen LogP contribution in [0.4, 0.5) is 5.00 Å². The van der Waals surface area contributed by atoms with Gasteiger partial charge in [-0.25, -0.2) is 8.42 Å². The molecule has 8 nitrogen and oxygen atoms in total. The molecule has 33 heavy (non-hydrogen) atoms. The number of nitrogens with zero attached hydrogens (tertiary/aromatic N) is 1. The summed E-state index contributed by atoms with van der Waals surface area (Å²) in [6.07, 6.45) is 4.16. The van der Waals surface area contributed by atoms with Crippen LogP contribution in [0.3, 0.4) is 0 Å². The molecule has 4 rings (SSSR count). The van der Waals surface area contributed by atoms with Crippen molar-refractivity contribution in [1.29, 1.82) is 0 Å². The Hall–Kier alpha value is -2.53. The lowest BCUT2D eigenvalue weighted by molar-refractivity contribution is -0.111. The van der Waals surface area contributed by atoms with E-state index in [1.165, 1.54) is 33.9 Å². The molecule has 0 saturated carbocycles. The van der Waals surface area contributed by atoms with E-state index in [1.54, 1.807) is 18.2 Å². The third-order valence-electron chi connectivity index (χ3n) is 5.93. The van der Waals surface area contributed by atoms with Crippen LogP contribution in [0.2, 0.25) is 0 Å². The maximum Gasteiger partial charge on any atom is 0.251 e. The molecule has 0 spiro atoms. The Morgan fingerprint density at radius 2 is 1.91 bits per heavy atom. The molecule has 1 aromatic carbocycles. The third kappa shape index (κ3) is 5.52. The summed E-state index contributed by atoms with van der Waals surface area (Å²) in [6, 6.07) is 7.84. The van der Waals surface area contributed by atoms with E-state index < -0.39 is 10.0 Å². The van der Waals surface area contributed by atoms with Gasteiger partial charge in [0.1, 0.15) is 0 Å². The van der Waals surface area contributed by atoms with Gasteiger partial charge in [-0.15, -0.1) is 11.3 Å². The molecule has 2 N–H and O–H groups in total. The molecule has 176 valence electrons. The highest BCUT2D eigenvalue weighted by Crippen LogP contribution is 2.36. The molecule has 0 atom stereocenters. The topological polar surface area (TPSA) is 105 Å². The molecule has 0 radical (unpaired) electrons. The molecule has 2 aliphatic rings. The van der Waals surface area contributed by atoms with Crippen LogP contribution in [-0.4, -0.2) is 44.3 Å². The van der Waals surface area contributed by atoms with Crippen LogP contribution in [0.25, 0.3) is 0 Å². The summed E-state index contributed by atoms with van der Waals surface area (Å²) >= 11 is 1.36. The average Bonchev–Trinajstić information content (AvgIpc) is 3.39. The fraction of sp³-hybridized carbons (Fsp3) is 0.391. The van der Waals surface area contributed by atoms with Crippen molar-refractivity contribution >= 4 is 38.2 Å². The van der Waals surface area contributed by atoms with Crippen LogP contribution in [0.5, 0.6) is 0 Å². The van der Waals surface area contributed by atoms with Gasteiger partial charge in [0.2, 0.25) is 15.9 Å². The quantitative estimate of drug-likeness (QED) is 0.555. The molecular weight excluding hydrogens is 462 g/mol. The number of benzene rings is 1. The summed E-state index contributed by atoms with van der Waals surface area (Å²) in [4.78, 5) is 24.9. The zero-order valence-corrected chi connectivity index (χ0v) is 19.8. The fourth-order valence-electron chi connectivity index (χ4n) is 4.00. The van der Waals surface area contributed by atoms with E-state index in [2.05, 4.69) is 17.2 Å². The van der Waals surface area contributed by atoms with E-state index in [1.807, 2.05) is 0 Å². The minimum Gasteiger partial charge on any atom is -0.381 e. The van der Waals surface area contributed by atoms with Gasteiger partial charge in [-0.3, -0.25) is 9.59 Å². The second-order valence-corrected chi connectivity index (χ2v) is 11.2. The van der Waals surface area contributed by atoms with Crippen molar-refractivity contribution in [2.75, 3.05) is 25.1 Å². The Bertz CT molecular complexity index is 1110. The van der Waals surface area contributed by atoms with Crippen molar-refractivity contribution in [2.24, 2.45) is 5.92 Å². The van der Waals surface area contributed by atoms with E-state index >= 15 is 0 Å². The lowest BCUT2D eigenvalue weighted by Gasteiger charge is -2.21. The highest BCUT2D eigenvalue weighted by molar-refractivity contribution is 7.89. The van der Waals surface area contributed by atoms with E-state index in [-0.39, 0.29) is 29.8 Å². The standard InChI is InChI=1S/C23H27N3O5S2/c1-2-21(27)25-22-13-18-14-26(15-20(18)32-22)33(29,30)19-5-3-17(4-6-19)23(28)24-10-7-16-8-11-31-12-9-16/h2-6,13,16H,1,7-12,14-15H2,(H,24,28)(H,25,27). The summed E-state index contributed by atoms with van der Waals surface area (Å²) in [5, 5.41) is 6.30. The van der Waals surface area contributed by atoms with Gasteiger partial charge in [-0.1, -0.05) is 6.58 Å². The number of anilines is 1. The van der Waals surface area contributed by atoms with Crippen LogP contribution < -0.4 is 10.6 Å². The van der Waals surface area contributed by atoms with Gasteiger partial charge in [0.05, 0.1) is 9.90 Å². The van der Waals surface area contributed by atoms with Crippen LogP contribution in [0, 0.1) is 5.92 Å². The molecule has 2 aromatic rings. The number of thiophene rings is 1. The number of rotatable bonds is 8. The summed E-state index contributed by atoms with van der Waals surface area (Å²) in [5.41, 5.74) is 1.31. The SMILES string of the molecule is C=CC(=O)Nc1cc2c(s1)CN(S(=O)(=O)c1ccc(C(=O)NCCC3CCOCC3)cc1)C2. The molecular formula is C23H27N3O5S2. The Labute approximate surface area is 197 Å². The molecule has 1 fully saturated rings. The van der Waals surface area contributed by atoms with Crippen LogP contribution >= 0.6 is 11.3 Å². The van der Waals surface area contributed by atoms with E-state index in [0.717, 1.165) is 42.9 Å².